The summed E-state index contributed by atoms with van der Waals surface area (Å²) < 4.78 is 5.32. The molecule has 2 fully saturated rings. The molecule has 2 rings (SSSR count). The molecule has 2 unspecified atom stereocenters. The van der Waals surface area contributed by atoms with Crippen molar-refractivity contribution in [2.24, 2.45) is 11.8 Å². The van der Waals surface area contributed by atoms with Gasteiger partial charge in [0.15, 0.2) is 0 Å². The molecule has 1 saturated carbocycles. The quantitative estimate of drug-likeness (QED) is 0.654. The van der Waals surface area contributed by atoms with E-state index < -0.39 is 5.60 Å². The second-order valence-corrected chi connectivity index (χ2v) is 5.85. The summed E-state index contributed by atoms with van der Waals surface area (Å²) >= 11 is 0. The first-order valence-electron chi connectivity index (χ1n) is 5.85. The minimum atomic E-state index is -0.440. The molecular weight excluding hydrogens is 218 g/mol. The van der Waals surface area contributed by atoms with Gasteiger partial charge in [0, 0.05) is 25.9 Å². The van der Waals surface area contributed by atoms with E-state index in [-0.39, 0.29) is 13.5 Å². The Morgan fingerprint density at radius 2 is 1.71 bits per heavy atom. The van der Waals surface area contributed by atoms with Gasteiger partial charge in [0.25, 0.3) is 0 Å². The fraction of sp³-hybridized carbons (Fsp3) is 0.846. The molecule has 17 heavy (non-hydrogen) atoms. The molecule has 1 saturated heterocycles. The number of likely N-dealkylation sites (tertiary alicyclic amines) is 1. The van der Waals surface area contributed by atoms with Gasteiger partial charge in [-0.3, -0.25) is 4.79 Å². The first kappa shape index (κ1) is 14.0. The molecule has 2 aliphatic rings. The molecule has 0 spiro atoms. The molecule has 1 aliphatic heterocycles. The zero-order chi connectivity index (χ0) is 11.9. The summed E-state index contributed by atoms with van der Waals surface area (Å²) in [6, 6.07) is 0. The number of hydrogen-bond donors (Lipinski definition) is 0. The van der Waals surface area contributed by atoms with Crippen molar-refractivity contribution in [2.75, 3.05) is 13.1 Å². The van der Waals surface area contributed by atoms with Crippen molar-refractivity contribution in [1.82, 2.24) is 4.90 Å². The average molecular weight is 241 g/mol. The minimum absolute atomic E-state index is 0. The van der Waals surface area contributed by atoms with Gasteiger partial charge in [-0.2, -0.15) is 0 Å². The molecule has 0 bridgehead atoms. The summed E-state index contributed by atoms with van der Waals surface area (Å²) in [6.07, 6.45) is 1.04. The van der Waals surface area contributed by atoms with Crippen LogP contribution in [0.1, 0.15) is 41.0 Å². The standard InChI is InChI=1S/C12H19NO3.CH4/c1-12(2,3)16-11(15)13-6-8-4-10(14)5-9(8)7-13;/h8-9H,4-7H2,1-3H3;1H4. The predicted octanol–water partition coefficient (Wildman–Crippen LogP) is 2.47. The van der Waals surface area contributed by atoms with Gasteiger partial charge in [0.1, 0.15) is 11.4 Å². The zero-order valence-electron chi connectivity index (χ0n) is 10.2. The molecule has 98 valence electrons. The van der Waals surface area contributed by atoms with Gasteiger partial charge in [0.2, 0.25) is 0 Å². The van der Waals surface area contributed by atoms with Crippen molar-refractivity contribution in [3.05, 3.63) is 0 Å². The van der Waals surface area contributed by atoms with Crippen LogP contribution in [0.5, 0.6) is 0 Å². The van der Waals surface area contributed by atoms with Gasteiger partial charge >= 0.3 is 6.09 Å². The lowest BCUT2D eigenvalue weighted by Crippen LogP contribution is -2.36. The molecule has 4 heteroatoms. The molecule has 0 aromatic carbocycles. The van der Waals surface area contributed by atoms with E-state index in [1.807, 2.05) is 20.8 Å². The molecule has 0 aromatic rings. The van der Waals surface area contributed by atoms with Crippen LogP contribution in [0.4, 0.5) is 4.79 Å². The number of ether oxygens (including phenoxy) is 1. The lowest BCUT2D eigenvalue weighted by atomic mass is 10.0. The second kappa shape index (κ2) is 4.67. The highest BCUT2D eigenvalue weighted by molar-refractivity contribution is 5.82. The maximum absolute atomic E-state index is 11.8. The summed E-state index contributed by atoms with van der Waals surface area (Å²) in [5.74, 6) is 1.10. The largest absolute Gasteiger partial charge is 0.444 e. The van der Waals surface area contributed by atoms with Crippen molar-refractivity contribution < 1.29 is 14.3 Å². The number of hydrogen-bond acceptors (Lipinski definition) is 3. The Hall–Kier alpha value is -1.06. The van der Waals surface area contributed by atoms with E-state index in [1.165, 1.54) is 0 Å². The summed E-state index contributed by atoms with van der Waals surface area (Å²) in [5.41, 5.74) is -0.440. The number of rotatable bonds is 0. The highest BCUT2D eigenvalue weighted by atomic mass is 16.6. The van der Waals surface area contributed by atoms with Gasteiger partial charge in [0.05, 0.1) is 0 Å². The van der Waals surface area contributed by atoms with E-state index >= 15 is 0 Å². The lowest BCUT2D eigenvalue weighted by Gasteiger charge is -2.24. The number of Topliss-reactive ketones (excluding diaryl/α,β-unsaturated/α-hetero) is 1. The molecule has 2 atom stereocenters. The summed E-state index contributed by atoms with van der Waals surface area (Å²) in [5, 5.41) is 0. The van der Waals surface area contributed by atoms with Crippen molar-refractivity contribution >= 4 is 11.9 Å². The van der Waals surface area contributed by atoms with Gasteiger partial charge in [-0.15, -0.1) is 0 Å². The molecule has 0 aromatic heterocycles. The Bertz CT molecular complexity index is 303. The third kappa shape index (κ3) is 3.20. The Kier molecular flexibility index (Phi) is 3.84. The van der Waals surface area contributed by atoms with E-state index in [0.29, 0.717) is 43.6 Å². The Morgan fingerprint density at radius 3 is 2.12 bits per heavy atom. The predicted molar refractivity (Wildman–Crippen MR) is 65.8 cm³/mol. The highest BCUT2D eigenvalue weighted by Gasteiger charge is 2.42. The average Bonchev–Trinajstić information content (AvgIpc) is 2.56. The molecule has 1 amide bonds. The van der Waals surface area contributed by atoms with E-state index in [9.17, 15) is 9.59 Å². The van der Waals surface area contributed by atoms with Crippen molar-refractivity contribution in [2.45, 2.75) is 46.6 Å². The maximum atomic E-state index is 11.8. The third-order valence-corrected chi connectivity index (χ3v) is 3.21. The second-order valence-electron chi connectivity index (χ2n) is 5.85. The molecule has 1 aliphatic carbocycles. The maximum Gasteiger partial charge on any atom is 0.410 e. The van der Waals surface area contributed by atoms with Crippen LogP contribution in [0.25, 0.3) is 0 Å². The van der Waals surface area contributed by atoms with E-state index in [2.05, 4.69) is 0 Å². The van der Waals surface area contributed by atoms with Gasteiger partial charge in [-0.1, -0.05) is 7.43 Å². The Labute approximate surface area is 103 Å². The number of fused-ring (bicyclic) bond motifs is 1. The summed E-state index contributed by atoms with van der Waals surface area (Å²) in [7, 11) is 0. The zero-order valence-corrected chi connectivity index (χ0v) is 10.2. The van der Waals surface area contributed by atoms with Crippen LogP contribution in [-0.4, -0.2) is 35.5 Å². The van der Waals surface area contributed by atoms with E-state index in [1.54, 1.807) is 4.90 Å². The summed E-state index contributed by atoms with van der Waals surface area (Å²) in [4.78, 5) is 24.8. The van der Waals surface area contributed by atoms with Crippen LogP contribution in [0.3, 0.4) is 0 Å². The monoisotopic (exact) mass is 241 g/mol. The van der Waals surface area contributed by atoms with Gasteiger partial charge < -0.3 is 9.64 Å². The third-order valence-electron chi connectivity index (χ3n) is 3.21. The first-order valence-corrected chi connectivity index (χ1v) is 5.85. The van der Waals surface area contributed by atoms with Crippen LogP contribution >= 0.6 is 0 Å². The smallest absolute Gasteiger partial charge is 0.410 e. The van der Waals surface area contributed by atoms with Crippen LogP contribution in [0.2, 0.25) is 0 Å². The van der Waals surface area contributed by atoms with Crippen LogP contribution < -0.4 is 0 Å². The normalized spacial score (nSPS) is 27.7. The van der Waals surface area contributed by atoms with Crippen molar-refractivity contribution in [3.63, 3.8) is 0 Å². The number of nitrogens with zero attached hydrogens (tertiary/aromatic N) is 1. The fourth-order valence-corrected chi connectivity index (χ4v) is 2.55. The number of carbonyl (C=O) groups is 2. The molecule has 4 nitrogen and oxygen atoms in total. The lowest BCUT2D eigenvalue weighted by molar-refractivity contribution is -0.118. The molecular formula is C13H23NO3. The molecule has 0 radical (unpaired) electrons. The number of carbonyl (C=O) groups excluding carboxylic acids is 2. The fourth-order valence-electron chi connectivity index (χ4n) is 2.55. The van der Waals surface area contributed by atoms with Crippen LogP contribution in [0.15, 0.2) is 0 Å². The van der Waals surface area contributed by atoms with Crippen LogP contribution in [0, 0.1) is 11.8 Å². The topological polar surface area (TPSA) is 46.6 Å². The first-order chi connectivity index (χ1) is 7.35. The van der Waals surface area contributed by atoms with Crippen molar-refractivity contribution in [3.8, 4) is 0 Å². The Balaban J connectivity index is 0.00000144. The van der Waals surface area contributed by atoms with Crippen LogP contribution in [-0.2, 0) is 9.53 Å². The molecule has 1 heterocycles. The highest BCUT2D eigenvalue weighted by Crippen LogP contribution is 2.36. The van der Waals surface area contributed by atoms with Crippen molar-refractivity contribution in [1.29, 1.82) is 0 Å². The van der Waals surface area contributed by atoms with Gasteiger partial charge in [-0.25, -0.2) is 4.79 Å². The SMILES string of the molecule is C.CC(C)(C)OC(=O)N1CC2CC(=O)CC2C1. The number of ketones is 1. The summed E-state index contributed by atoms with van der Waals surface area (Å²) in [6.45, 7) is 6.97. The molecule has 0 N–H and O–H groups in total. The Morgan fingerprint density at radius 1 is 1.24 bits per heavy atom. The van der Waals surface area contributed by atoms with Gasteiger partial charge in [-0.05, 0) is 32.6 Å². The number of amides is 1. The minimum Gasteiger partial charge on any atom is -0.444 e. The van der Waals surface area contributed by atoms with E-state index in [0.717, 1.165) is 0 Å². The van der Waals surface area contributed by atoms with E-state index in [4.69, 9.17) is 4.74 Å².